The lowest BCUT2D eigenvalue weighted by Gasteiger charge is -2.34. The first kappa shape index (κ1) is 31.1. The van der Waals surface area contributed by atoms with Gasteiger partial charge in [-0.1, -0.05) is 140 Å². The summed E-state index contributed by atoms with van der Waals surface area (Å²) >= 11 is 0. The van der Waals surface area contributed by atoms with E-state index in [1.807, 2.05) is 18.5 Å². The molecule has 5 heterocycles. The van der Waals surface area contributed by atoms with Gasteiger partial charge in [0.25, 0.3) is 0 Å². The molecule has 0 aliphatic heterocycles. The van der Waals surface area contributed by atoms with Crippen LogP contribution >= 0.6 is 0 Å². The van der Waals surface area contributed by atoms with Gasteiger partial charge in [-0.25, -0.2) is 9.97 Å². The molecule has 5 nitrogen and oxygen atoms in total. The average molecular weight is 733 g/mol. The second-order valence-corrected chi connectivity index (χ2v) is 18.3. The standard InChI is InChI=1S/C50H32N4OSi/c1-3-15-33(16-4-1)56(34-17-5-2-6-18-34,35-26-27-36-37-19-7-10-22-41(37)53-30-29-52-50(53)40(36)31-35)45-32-43-47(48-39-21-9-12-24-44(39)55-49(45)48)38-20-8-11-23-42(38)54(43)46-25-13-14-28-51-46/h1-32H. The summed E-state index contributed by atoms with van der Waals surface area (Å²) in [6.45, 7) is 0. The highest BCUT2D eigenvalue weighted by Gasteiger charge is 2.45. The molecule has 56 heavy (non-hydrogen) atoms. The Bertz CT molecular complexity index is 3440. The molecule has 6 heteroatoms. The molecule has 0 spiro atoms. The van der Waals surface area contributed by atoms with E-state index in [1.165, 1.54) is 42.3 Å². The first-order chi connectivity index (χ1) is 27.8. The molecule has 0 saturated carbocycles. The molecule has 0 fully saturated rings. The van der Waals surface area contributed by atoms with Crippen molar-refractivity contribution in [3.8, 4) is 5.82 Å². The molecule has 0 unspecified atom stereocenters. The first-order valence-electron chi connectivity index (χ1n) is 19.0. The summed E-state index contributed by atoms with van der Waals surface area (Å²) in [4.78, 5) is 9.92. The Kier molecular flexibility index (Phi) is 6.59. The highest BCUT2D eigenvalue weighted by Crippen LogP contribution is 2.41. The number of rotatable bonds is 5. The van der Waals surface area contributed by atoms with Gasteiger partial charge < -0.3 is 4.42 Å². The minimum absolute atomic E-state index is 0.874. The van der Waals surface area contributed by atoms with Gasteiger partial charge in [0.05, 0.1) is 16.6 Å². The normalized spacial score (nSPS) is 12.3. The summed E-state index contributed by atoms with van der Waals surface area (Å²) in [6.07, 6.45) is 5.87. The van der Waals surface area contributed by atoms with Crippen LogP contribution in [0.15, 0.2) is 199 Å². The molecular weight excluding hydrogens is 701 g/mol. The van der Waals surface area contributed by atoms with Crippen LogP contribution in [0.25, 0.3) is 76.9 Å². The topological polar surface area (TPSA) is 48.3 Å². The van der Waals surface area contributed by atoms with E-state index in [-0.39, 0.29) is 0 Å². The average Bonchev–Trinajstić information content (AvgIpc) is 4.00. The van der Waals surface area contributed by atoms with Crippen LogP contribution in [0.2, 0.25) is 0 Å². The quantitative estimate of drug-likeness (QED) is 0.101. The number of nitrogens with zero attached hydrogens (tertiary/aromatic N) is 4. The van der Waals surface area contributed by atoms with Gasteiger partial charge >= 0.3 is 0 Å². The van der Waals surface area contributed by atoms with Crippen molar-refractivity contribution < 1.29 is 4.42 Å². The van der Waals surface area contributed by atoms with Crippen molar-refractivity contribution in [2.45, 2.75) is 0 Å². The Morgan fingerprint density at radius 3 is 1.89 bits per heavy atom. The van der Waals surface area contributed by atoms with Crippen LogP contribution in [0.1, 0.15) is 0 Å². The Balaban J connectivity index is 1.33. The lowest BCUT2D eigenvalue weighted by atomic mass is 10.1. The van der Waals surface area contributed by atoms with Crippen LogP contribution in [0.5, 0.6) is 0 Å². The van der Waals surface area contributed by atoms with E-state index >= 15 is 0 Å². The lowest BCUT2D eigenvalue weighted by molar-refractivity contribution is 0.671. The summed E-state index contributed by atoms with van der Waals surface area (Å²) in [7, 11) is -3.23. The predicted molar refractivity (Wildman–Crippen MR) is 233 cm³/mol. The zero-order valence-electron chi connectivity index (χ0n) is 30.2. The van der Waals surface area contributed by atoms with Crippen molar-refractivity contribution in [2.24, 2.45) is 0 Å². The van der Waals surface area contributed by atoms with Gasteiger partial charge in [-0.15, -0.1) is 0 Å². The maximum Gasteiger partial charge on any atom is 0.184 e. The number of aromatic nitrogens is 4. The Labute approximate surface area is 322 Å². The highest BCUT2D eigenvalue weighted by molar-refractivity contribution is 7.20. The van der Waals surface area contributed by atoms with E-state index in [1.54, 1.807) is 0 Å². The second-order valence-electron chi connectivity index (χ2n) is 14.5. The van der Waals surface area contributed by atoms with Crippen LogP contribution < -0.4 is 20.7 Å². The number of hydrogen-bond donors (Lipinski definition) is 0. The third kappa shape index (κ3) is 4.19. The summed E-state index contributed by atoms with van der Waals surface area (Å²) in [5, 5.41) is 13.1. The Morgan fingerprint density at radius 2 is 1.12 bits per heavy atom. The number of para-hydroxylation sites is 3. The van der Waals surface area contributed by atoms with Gasteiger partial charge in [0.2, 0.25) is 0 Å². The van der Waals surface area contributed by atoms with Crippen LogP contribution in [-0.2, 0) is 0 Å². The third-order valence-corrected chi connectivity index (χ3v) is 16.5. The van der Waals surface area contributed by atoms with E-state index < -0.39 is 8.07 Å². The maximum atomic E-state index is 7.22. The zero-order chi connectivity index (χ0) is 36.8. The van der Waals surface area contributed by atoms with Crippen LogP contribution in [0.3, 0.4) is 0 Å². The fourth-order valence-corrected chi connectivity index (χ4v) is 14.4. The molecule has 0 bridgehead atoms. The highest BCUT2D eigenvalue weighted by atomic mass is 28.3. The largest absolute Gasteiger partial charge is 0.456 e. The van der Waals surface area contributed by atoms with Gasteiger partial charge in [-0.3, -0.25) is 8.97 Å². The molecule has 7 aromatic carbocycles. The lowest BCUT2D eigenvalue weighted by Crippen LogP contribution is -2.74. The van der Waals surface area contributed by atoms with Crippen molar-refractivity contribution in [1.29, 1.82) is 0 Å². The molecule has 0 saturated heterocycles. The molecule has 0 N–H and O–H groups in total. The number of furan rings is 1. The van der Waals surface area contributed by atoms with Crippen molar-refractivity contribution >= 4 is 99.9 Å². The SMILES string of the molecule is c1ccc([Si](c2ccccc2)(c2ccc3c4ccccc4n4ccnc4c3c2)c2cc3c(c4ccccc4n3-c3ccccn3)c3c2oc2ccccc23)cc1. The summed E-state index contributed by atoms with van der Waals surface area (Å²) in [5.41, 5.74) is 6.10. The van der Waals surface area contributed by atoms with Crippen molar-refractivity contribution in [3.05, 3.63) is 195 Å². The molecule has 0 aliphatic carbocycles. The summed E-state index contributed by atoms with van der Waals surface area (Å²) in [6, 6.07) is 63.8. The minimum Gasteiger partial charge on any atom is -0.456 e. The number of imidazole rings is 1. The van der Waals surface area contributed by atoms with Crippen molar-refractivity contribution in [3.63, 3.8) is 0 Å². The van der Waals surface area contributed by atoms with Gasteiger partial charge in [0, 0.05) is 50.9 Å². The molecule has 0 aliphatic rings. The van der Waals surface area contributed by atoms with E-state index in [9.17, 15) is 0 Å². The smallest absolute Gasteiger partial charge is 0.184 e. The number of benzene rings is 7. The molecule has 5 aromatic heterocycles. The van der Waals surface area contributed by atoms with E-state index in [4.69, 9.17) is 14.4 Å². The fourth-order valence-electron chi connectivity index (χ4n) is 9.50. The van der Waals surface area contributed by atoms with Gasteiger partial charge in [0.15, 0.2) is 8.07 Å². The molecule has 0 atom stereocenters. The Morgan fingerprint density at radius 1 is 0.446 bits per heavy atom. The second kappa shape index (κ2) is 11.9. The Hall–Kier alpha value is -7.28. The van der Waals surface area contributed by atoms with Gasteiger partial charge in [-0.2, -0.15) is 0 Å². The van der Waals surface area contributed by atoms with Crippen LogP contribution in [-0.4, -0.2) is 27.0 Å². The van der Waals surface area contributed by atoms with E-state index in [0.717, 1.165) is 55.3 Å². The van der Waals surface area contributed by atoms with Crippen LogP contribution in [0, 0.1) is 0 Å². The minimum atomic E-state index is -3.23. The number of pyridine rings is 2. The maximum absolute atomic E-state index is 7.22. The number of hydrogen-bond acceptors (Lipinski definition) is 3. The molecule has 0 amide bonds. The van der Waals surface area contributed by atoms with Crippen molar-refractivity contribution in [2.75, 3.05) is 0 Å². The molecular formula is C50H32N4OSi. The number of fused-ring (bicyclic) bond motifs is 13. The van der Waals surface area contributed by atoms with Gasteiger partial charge in [0.1, 0.15) is 22.6 Å². The summed E-state index contributed by atoms with van der Waals surface area (Å²) in [5.74, 6) is 0.878. The molecule has 262 valence electrons. The van der Waals surface area contributed by atoms with Crippen LogP contribution in [0.4, 0.5) is 0 Å². The zero-order valence-corrected chi connectivity index (χ0v) is 31.2. The molecule has 12 rings (SSSR count). The third-order valence-electron chi connectivity index (χ3n) is 11.8. The van der Waals surface area contributed by atoms with Gasteiger partial charge in [-0.05, 0) is 62.5 Å². The summed E-state index contributed by atoms with van der Waals surface area (Å²) < 4.78 is 11.8. The molecule has 0 radical (unpaired) electrons. The molecule has 12 aromatic rings. The monoisotopic (exact) mass is 732 g/mol. The van der Waals surface area contributed by atoms with E-state index in [2.05, 4.69) is 185 Å². The van der Waals surface area contributed by atoms with Crippen molar-refractivity contribution in [1.82, 2.24) is 18.9 Å². The first-order valence-corrected chi connectivity index (χ1v) is 21.0. The predicted octanol–water partition coefficient (Wildman–Crippen LogP) is 9.41. The fraction of sp³-hybridized carbons (Fsp3) is 0. The van der Waals surface area contributed by atoms with E-state index in [0.29, 0.717) is 0 Å².